The van der Waals surface area contributed by atoms with E-state index >= 15 is 0 Å². The molecule has 190 valence electrons. The molecule has 36 heavy (non-hydrogen) atoms. The summed E-state index contributed by atoms with van der Waals surface area (Å²) >= 11 is 0. The van der Waals surface area contributed by atoms with Crippen LogP contribution in [0.3, 0.4) is 0 Å². The van der Waals surface area contributed by atoms with E-state index in [1.807, 2.05) is 6.07 Å². The van der Waals surface area contributed by atoms with Gasteiger partial charge < -0.3 is 19.1 Å². The van der Waals surface area contributed by atoms with Gasteiger partial charge in [-0.2, -0.15) is 36.9 Å². The lowest BCUT2D eigenvalue weighted by Gasteiger charge is -2.27. The lowest BCUT2D eigenvalue weighted by atomic mass is 10.1. The minimum Gasteiger partial charge on any atom is -0.489 e. The molecule has 1 N–H and O–H groups in total. The van der Waals surface area contributed by atoms with Gasteiger partial charge in [-0.1, -0.05) is 0 Å². The number of carbonyl (C=O) groups is 1. The molecule has 1 heterocycles. The van der Waals surface area contributed by atoms with E-state index in [0.717, 1.165) is 19.2 Å². The third-order valence-electron chi connectivity index (χ3n) is 5.00. The van der Waals surface area contributed by atoms with Crippen molar-refractivity contribution < 1.29 is 45.3 Å². The van der Waals surface area contributed by atoms with E-state index in [4.69, 9.17) is 20.0 Å². The van der Waals surface area contributed by atoms with Crippen molar-refractivity contribution in [3.63, 3.8) is 0 Å². The predicted molar refractivity (Wildman–Crippen MR) is 111 cm³/mol. The van der Waals surface area contributed by atoms with E-state index < -0.39 is 60.7 Å². The normalized spacial score (nSPS) is 17.8. The molecule has 2 unspecified atom stereocenters. The molecule has 0 spiro atoms. The number of amides is 1. The van der Waals surface area contributed by atoms with Crippen molar-refractivity contribution in [1.82, 2.24) is 0 Å². The SMILES string of the molecule is COC(=O)Nc1cc(C#N)ccc1OCC1CN(c2ccc(C#N)c(C(F)(F)F)c2)C(C(F)(F)F)O1. The second-order valence-electron chi connectivity index (χ2n) is 7.39. The molecule has 0 bridgehead atoms. The van der Waals surface area contributed by atoms with Gasteiger partial charge >= 0.3 is 18.4 Å². The lowest BCUT2D eigenvalue weighted by molar-refractivity contribution is -0.215. The Morgan fingerprint density at radius 2 is 1.86 bits per heavy atom. The molecular formula is C22H16F6N4O4. The van der Waals surface area contributed by atoms with Crippen molar-refractivity contribution in [3.05, 3.63) is 53.1 Å². The number of nitrogens with one attached hydrogen (secondary N) is 1. The third-order valence-corrected chi connectivity index (χ3v) is 5.00. The van der Waals surface area contributed by atoms with E-state index in [2.05, 4.69) is 10.1 Å². The van der Waals surface area contributed by atoms with E-state index in [1.165, 1.54) is 24.3 Å². The topological polar surface area (TPSA) is 108 Å². The van der Waals surface area contributed by atoms with Gasteiger partial charge in [0.05, 0.1) is 48.2 Å². The number of alkyl halides is 6. The summed E-state index contributed by atoms with van der Waals surface area (Å²) in [6.07, 6.45) is -14.6. The van der Waals surface area contributed by atoms with Crippen LogP contribution < -0.4 is 15.0 Å². The predicted octanol–water partition coefficient (Wildman–Crippen LogP) is 4.80. The number of ether oxygens (including phenoxy) is 3. The largest absolute Gasteiger partial charge is 0.489 e. The highest BCUT2D eigenvalue weighted by Crippen LogP contribution is 2.39. The molecular weight excluding hydrogens is 498 g/mol. The summed E-state index contributed by atoms with van der Waals surface area (Å²) in [5.41, 5.74) is -2.40. The lowest BCUT2D eigenvalue weighted by Crippen LogP contribution is -2.42. The first kappa shape index (κ1) is 26.4. The number of hydrogen-bond donors (Lipinski definition) is 1. The van der Waals surface area contributed by atoms with Gasteiger partial charge in [-0.3, -0.25) is 5.32 Å². The van der Waals surface area contributed by atoms with Crippen molar-refractivity contribution in [3.8, 4) is 17.9 Å². The maximum atomic E-state index is 13.7. The van der Waals surface area contributed by atoms with Crippen LogP contribution in [0.5, 0.6) is 5.75 Å². The first-order chi connectivity index (χ1) is 16.9. The number of nitrogens with zero attached hydrogens (tertiary/aromatic N) is 3. The molecule has 1 aliphatic heterocycles. The second-order valence-corrected chi connectivity index (χ2v) is 7.39. The first-order valence-corrected chi connectivity index (χ1v) is 9.99. The zero-order valence-electron chi connectivity index (χ0n) is 18.3. The van der Waals surface area contributed by atoms with Crippen LogP contribution in [0.1, 0.15) is 16.7 Å². The molecule has 1 aliphatic rings. The maximum absolute atomic E-state index is 13.7. The van der Waals surface area contributed by atoms with E-state index in [0.29, 0.717) is 11.0 Å². The number of benzene rings is 2. The number of rotatable bonds is 5. The van der Waals surface area contributed by atoms with Gasteiger partial charge in [-0.15, -0.1) is 0 Å². The summed E-state index contributed by atoms with van der Waals surface area (Å²) in [5, 5.41) is 20.3. The van der Waals surface area contributed by atoms with Crippen LogP contribution in [0.4, 0.5) is 42.5 Å². The van der Waals surface area contributed by atoms with Gasteiger partial charge in [0.25, 0.3) is 0 Å². The fraction of sp³-hybridized carbons (Fsp3) is 0.318. The Kier molecular flexibility index (Phi) is 7.50. The van der Waals surface area contributed by atoms with Gasteiger partial charge in [0.1, 0.15) is 18.5 Å². The minimum absolute atomic E-state index is 0.00466. The number of anilines is 2. The number of methoxy groups -OCH3 is 1. The van der Waals surface area contributed by atoms with Gasteiger partial charge in [0.2, 0.25) is 6.23 Å². The molecule has 0 aliphatic carbocycles. The molecule has 0 radical (unpaired) electrons. The number of halogens is 6. The number of hydrogen-bond acceptors (Lipinski definition) is 7. The molecule has 2 aromatic carbocycles. The highest BCUT2D eigenvalue weighted by atomic mass is 19.4. The smallest absolute Gasteiger partial charge is 0.433 e. The number of nitriles is 2. The second kappa shape index (κ2) is 10.2. The molecule has 1 saturated heterocycles. The van der Waals surface area contributed by atoms with Crippen molar-refractivity contribution in [2.45, 2.75) is 24.7 Å². The molecule has 8 nitrogen and oxygen atoms in total. The maximum Gasteiger partial charge on any atom is 0.433 e. The van der Waals surface area contributed by atoms with Crippen molar-refractivity contribution >= 4 is 17.5 Å². The third kappa shape index (κ3) is 5.90. The van der Waals surface area contributed by atoms with Gasteiger partial charge in [0, 0.05) is 5.69 Å². The Balaban J connectivity index is 1.85. The summed E-state index contributed by atoms with van der Waals surface area (Å²) in [7, 11) is 1.09. The number of carbonyl (C=O) groups excluding carboxylic acids is 1. The molecule has 1 amide bonds. The van der Waals surface area contributed by atoms with Crippen LogP contribution in [-0.4, -0.2) is 44.9 Å². The summed E-state index contributed by atoms with van der Waals surface area (Å²) < 4.78 is 96.0. The van der Waals surface area contributed by atoms with Crippen molar-refractivity contribution in [2.24, 2.45) is 0 Å². The monoisotopic (exact) mass is 514 g/mol. The Bertz CT molecular complexity index is 1220. The molecule has 0 aromatic heterocycles. The average molecular weight is 514 g/mol. The summed E-state index contributed by atoms with van der Waals surface area (Å²) in [6.45, 7) is -0.976. The van der Waals surface area contributed by atoms with Crippen LogP contribution in [0, 0.1) is 22.7 Å². The van der Waals surface area contributed by atoms with Crippen LogP contribution in [-0.2, 0) is 15.7 Å². The molecule has 0 saturated carbocycles. The summed E-state index contributed by atoms with van der Waals surface area (Å²) in [6, 6.07) is 9.33. The van der Waals surface area contributed by atoms with E-state index in [9.17, 15) is 31.1 Å². The molecule has 2 atom stereocenters. The van der Waals surface area contributed by atoms with Crippen LogP contribution in [0.15, 0.2) is 36.4 Å². The quantitative estimate of drug-likeness (QED) is 0.572. The standard InChI is InChI=1S/C22H16F6N4O4/c1-34-20(33)31-17-6-12(8-29)2-5-18(17)35-11-15-10-32(19(36-15)22(26,27)28)14-4-3-13(9-30)16(7-14)21(23,24)25/h2-7,15,19H,10-11H2,1H3,(H,31,33). The van der Waals surface area contributed by atoms with Crippen LogP contribution in [0.25, 0.3) is 0 Å². The van der Waals surface area contributed by atoms with Gasteiger partial charge in [-0.05, 0) is 36.4 Å². The Labute approximate surface area is 200 Å². The Morgan fingerprint density at radius 1 is 1.14 bits per heavy atom. The fourth-order valence-corrected chi connectivity index (χ4v) is 3.41. The Morgan fingerprint density at radius 3 is 2.44 bits per heavy atom. The molecule has 14 heteroatoms. The van der Waals surface area contributed by atoms with E-state index in [1.54, 1.807) is 0 Å². The van der Waals surface area contributed by atoms with Crippen LogP contribution >= 0.6 is 0 Å². The summed E-state index contributed by atoms with van der Waals surface area (Å²) in [5.74, 6) is -0.0114. The summed E-state index contributed by atoms with van der Waals surface area (Å²) in [4.78, 5) is 12.2. The average Bonchev–Trinajstić information content (AvgIpc) is 3.27. The van der Waals surface area contributed by atoms with Crippen LogP contribution in [0.2, 0.25) is 0 Å². The fourth-order valence-electron chi connectivity index (χ4n) is 3.41. The molecule has 3 rings (SSSR count). The van der Waals surface area contributed by atoms with Gasteiger partial charge in [-0.25, -0.2) is 4.79 Å². The minimum atomic E-state index is -4.97. The molecule has 1 fully saturated rings. The Hall–Kier alpha value is -4.17. The van der Waals surface area contributed by atoms with Crippen molar-refractivity contribution in [2.75, 3.05) is 30.5 Å². The highest BCUT2D eigenvalue weighted by Gasteiger charge is 2.51. The highest BCUT2D eigenvalue weighted by molar-refractivity contribution is 5.87. The van der Waals surface area contributed by atoms with Gasteiger partial charge in [0.15, 0.2) is 0 Å². The zero-order valence-corrected chi connectivity index (χ0v) is 18.3. The molecule has 2 aromatic rings. The first-order valence-electron chi connectivity index (χ1n) is 9.99. The zero-order chi connectivity index (χ0) is 26.7. The van der Waals surface area contributed by atoms with E-state index in [-0.39, 0.29) is 17.0 Å². The van der Waals surface area contributed by atoms with Crippen molar-refractivity contribution in [1.29, 1.82) is 10.5 Å².